The number of hydrogen-bond acceptors (Lipinski definition) is 4. The van der Waals surface area contributed by atoms with Crippen LogP contribution in [0.4, 0.5) is 11.4 Å². The van der Waals surface area contributed by atoms with Gasteiger partial charge in [-0.1, -0.05) is 39.0 Å². The lowest BCUT2D eigenvalue weighted by atomic mass is 9.86. The molecule has 2 amide bonds. The van der Waals surface area contributed by atoms with Crippen LogP contribution >= 0.6 is 0 Å². The van der Waals surface area contributed by atoms with Crippen LogP contribution in [-0.4, -0.2) is 24.5 Å². The zero-order valence-electron chi connectivity index (χ0n) is 16.0. The smallest absolute Gasteiger partial charge is 0.265 e. The number of carbonyl (C=O) groups excluding carboxylic acids is 2. The molecule has 27 heavy (non-hydrogen) atoms. The van der Waals surface area contributed by atoms with Gasteiger partial charge in [0.25, 0.3) is 11.8 Å². The number of fused-ring (bicyclic) bond motifs is 1. The van der Waals surface area contributed by atoms with Crippen LogP contribution in [0.2, 0.25) is 0 Å². The lowest BCUT2D eigenvalue weighted by Crippen LogP contribution is -2.34. The Morgan fingerprint density at radius 1 is 1.22 bits per heavy atom. The fraction of sp³-hybridized carbons (Fsp3) is 0.333. The van der Waals surface area contributed by atoms with Crippen molar-refractivity contribution in [3.63, 3.8) is 0 Å². The van der Waals surface area contributed by atoms with Gasteiger partial charge in [-0.05, 0) is 42.2 Å². The van der Waals surface area contributed by atoms with Crippen molar-refractivity contribution >= 4 is 23.2 Å². The average molecular weight is 368 g/mol. The highest BCUT2D eigenvalue weighted by Crippen LogP contribution is 2.33. The van der Waals surface area contributed by atoms with Crippen molar-refractivity contribution in [3.8, 4) is 11.5 Å². The normalized spacial score (nSPS) is 16.0. The van der Waals surface area contributed by atoms with Gasteiger partial charge < -0.3 is 20.1 Å². The summed E-state index contributed by atoms with van der Waals surface area (Å²) in [6.45, 7) is 7.86. The summed E-state index contributed by atoms with van der Waals surface area (Å²) < 4.78 is 11.2. The Kier molecular flexibility index (Phi) is 5.08. The fourth-order valence-electron chi connectivity index (χ4n) is 2.84. The third-order valence-electron chi connectivity index (χ3n) is 4.25. The Morgan fingerprint density at radius 2 is 1.96 bits per heavy atom. The first-order valence-electron chi connectivity index (χ1n) is 8.88. The number of hydrogen-bond donors (Lipinski definition) is 2. The predicted molar refractivity (Wildman–Crippen MR) is 104 cm³/mol. The number of benzene rings is 2. The Morgan fingerprint density at radius 3 is 2.70 bits per heavy atom. The molecule has 0 fully saturated rings. The highest BCUT2D eigenvalue weighted by Gasteiger charge is 2.24. The van der Waals surface area contributed by atoms with Crippen molar-refractivity contribution in [2.45, 2.75) is 39.2 Å². The monoisotopic (exact) mass is 368 g/mol. The molecule has 1 heterocycles. The van der Waals surface area contributed by atoms with Crippen molar-refractivity contribution in [2.75, 3.05) is 17.2 Å². The summed E-state index contributed by atoms with van der Waals surface area (Å²) in [5.41, 5.74) is 2.06. The molecule has 142 valence electrons. The van der Waals surface area contributed by atoms with Gasteiger partial charge in [0.05, 0.1) is 5.69 Å². The van der Waals surface area contributed by atoms with E-state index in [9.17, 15) is 9.59 Å². The molecule has 2 aromatic rings. The SMILES string of the molecule is CC1Oc2ccc(NC(=O)COc3ccccc3C(C)(C)C)cc2NC1=O. The van der Waals surface area contributed by atoms with Crippen LogP contribution < -0.4 is 20.1 Å². The average Bonchev–Trinajstić information content (AvgIpc) is 2.61. The number of amides is 2. The third kappa shape index (κ3) is 4.39. The zero-order chi connectivity index (χ0) is 19.6. The van der Waals surface area contributed by atoms with E-state index in [4.69, 9.17) is 9.47 Å². The number of nitrogens with one attached hydrogen (secondary N) is 2. The summed E-state index contributed by atoms with van der Waals surface area (Å²) in [6.07, 6.45) is -0.533. The van der Waals surface area contributed by atoms with E-state index in [-0.39, 0.29) is 23.8 Å². The summed E-state index contributed by atoms with van der Waals surface area (Å²) in [7, 11) is 0. The topological polar surface area (TPSA) is 76.7 Å². The predicted octanol–water partition coefficient (Wildman–Crippen LogP) is 3.72. The molecule has 1 aliphatic heterocycles. The van der Waals surface area contributed by atoms with Gasteiger partial charge in [-0.3, -0.25) is 9.59 Å². The van der Waals surface area contributed by atoms with Crippen molar-refractivity contribution in [3.05, 3.63) is 48.0 Å². The summed E-state index contributed by atoms with van der Waals surface area (Å²) in [6, 6.07) is 12.8. The van der Waals surface area contributed by atoms with Crippen LogP contribution in [0, 0.1) is 0 Å². The molecule has 0 aromatic heterocycles. The maximum absolute atomic E-state index is 12.3. The fourth-order valence-corrected chi connectivity index (χ4v) is 2.84. The standard InChI is InChI=1S/C21H24N2O4/c1-13-20(25)23-16-11-14(9-10-18(16)27-13)22-19(24)12-26-17-8-6-5-7-15(17)21(2,3)4/h5-11,13H,12H2,1-4H3,(H,22,24)(H,23,25). The second-order valence-corrected chi connectivity index (χ2v) is 7.54. The lowest BCUT2D eigenvalue weighted by Gasteiger charge is -2.24. The quantitative estimate of drug-likeness (QED) is 0.862. The molecule has 3 rings (SSSR count). The summed E-state index contributed by atoms with van der Waals surface area (Å²) in [5.74, 6) is 0.777. The Labute approximate surface area is 158 Å². The lowest BCUT2D eigenvalue weighted by molar-refractivity contribution is -0.122. The molecule has 0 saturated carbocycles. The molecular weight excluding hydrogens is 344 g/mol. The van der Waals surface area contributed by atoms with Gasteiger partial charge in [0, 0.05) is 5.69 Å². The second kappa shape index (κ2) is 7.31. The van der Waals surface area contributed by atoms with Gasteiger partial charge >= 0.3 is 0 Å². The highest BCUT2D eigenvalue weighted by atomic mass is 16.5. The molecule has 0 aliphatic carbocycles. The molecule has 1 atom stereocenters. The zero-order valence-corrected chi connectivity index (χ0v) is 16.0. The highest BCUT2D eigenvalue weighted by molar-refractivity contribution is 5.99. The molecule has 2 N–H and O–H groups in total. The molecule has 6 nitrogen and oxygen atoms in total. The van der Waals surface area contributed by atoms with Crippen molar-refractivity contribution in [1.29, 1.82) is 0 Å². The maximum Gasteiger partial charge on any atom is 0.265 e. The number of carbonyl (C=O) groups is 2. The van der Waals surface area contributed by atoms with Crippen molar-refractivity contribution < 1.29 is 19.1 Å². The van der Waals surface area contributed by atoms with E-state index >= 15 is 0 Å². The minimum Gasteiger partial charge on any atom is -0.483 e. The minimum atomic E-state index is -0.533. The molecular formula is C21H24N2O4. The van der Waals surface area contributed by atoms with E-state index < -0.39 is 6.10 Å². The van der Waals surface area contributed by atoms with Crippen LogP contribution in [-0.2, 0) is 15.0 Å². The largest absolute Gasteiger partial charge is 0.483 e. The third-order valence-corrected chi connectivity index (χ3v) is 4.25. The minimum absolute atomic E-state index is 0.0824. The second-order valence-electron chi connectivity index (χ2n) is 7.54. The summed E-state index contributed by atoms with van der Waals surface area (Å²) >= 11 is 0. The molecule has 1 unspecified atom stereocenters. The van der Waals surface area contributed by atoms with E-state index in [0.717, 1.165) is 5.56 Å². The van der Waals surface area contributed by atoms with Gasteiger partial charge in [-0.2, -0.15) is 0 Å². The molecule has 6 heteroatoms. The van der Waals surface area contributed by atoms with Gasteiger partial charge in [0.2, 0.25) is 0 Å². The number of para-hydroxylation sites is 1. The van der Waals surface area contributed by atoms with Crippen molar-refractivity contribution in [2.24, 2.45) is 0 Å². The van der Waals surface area contributed by atoms with Crippen LogP contribution in [0.15, 0.2) is 42.5 Å². The number of anilines is 2. The van der Waals surface area contributed by atoms with E-state index in [1.54, 1.807) is 25.1 Å². The van der Waals surface area contributed by atoms with Gasteiger partial charge in [0.15, 0.2) is 12.7 Å². The molecule has 0 radical (unpaired) electrons. The maximum atomic E-state index is 12.3. The van der Waals surface area contributed by atoms with E-state index in [2.05, 4.69) is 31.4 Å². The molecule has 1 aliphatic rings. The first-order chi connectivity index (χ1) is 12.7. The Balaban J connectivity index is 1.64. The number of ether oxygens (including phenoxy) is 2. The molecule has 0 spiro atoms. The first kappa shape index (κ1) is 18.8. The van der Waals surface area contributed by atoms with Crippen molar-refractivity contribution in [1.82, 2.24) is 0 Å². The Bertz CT molecular complexity index is 871. The van der Waals surface area contributed by atoms with Gasteiger partial charge in [-0.15, -0.1) is 0 Å². The van der Waals surface area contributed by atoms with Crippen LogP contribution in [0.5, 0.6) is 11.5 Å². The van der Waals surface area contributed by atoms with Crippen LogP contribution in [0.3, 0.4) is 0 Å². The van der Waals surface area contributed by atoms with E-state index in [1.807, 2.05) is 24.3 Å². The molecule has 0 bridgehead atoms. The number of rotatable bonds is 4. The first-order valence-corrected chi connectivity index (χ1v) is 8.88. The van der Waals surface area contributed by atoms with Crippen LogP contribution in [0.25, 0.3) is 0 Å². The summed E-state index contributed by atoms with van der Waals surface area (Å²) in [5, 5.41) is 5.53. The Hall–Kier alpha value is -3.02. The summed E-state index contributed by atoms with van der Waals surface area (Å²) in [4.78, 5) is 24.0. The van der Waals surface area contributed by atoms with Crippen LogP contribution in [0.1, 0.15) is 33.3 Å². The van der Waals surface area contributed by atoms with Gasteiger partial charge in [-0.25, -0.2) is 0 Å². The van der Waals surface area contributed by atoms with E-state index in [1.165, 1.54) is 0 Å². The van der Waals surface area contributed by atoms with Gasteiger partial charge in [0.1, 0.15) is 11.5 Å². The molecule has 2 aromatic carbocycles. The van der Waals surface area contributed by atoms with E-state index in [0.29, 0.717) is 22.9 Å². The molecule has 0 saturated heterocycles.